The van der Waals surface area contributed by atoms with Gasteiger partial charge < -0.3 is 61.3 Å². The van der Waals surface area contributed by atoms with Gasteiger partial charge in [-0.3, -0.25) is 28.8 Å². The van der Waals surface area contributed by atoms with Crippen LogP contribution in [0.15, 0.2) is 152 Å². The molecule has 0 spiro atoms. The first-order chi connectivity index (χ1) is 60.1. The maximum atomic E-state index is 15.4. The number of fused-ring (bicyclic) bond motifs is 6. The molecule has 3 unspecified atom stereocenters. The van der Waals surface area contributed by atoms with Gasteiger partial charge in [0.1, 0.15) is 23.3 Å². The molecule has 15 rings (SSSR count). The van der Waals surface area contributed by atoms with Gasteiger partial charge in [0.25, 0.3) is 35.4 Å². The van der Waals surface area contributed by atoms with Crippen molar-refractivity contribution in [2.24, 2.45) is 0 Å². The molecule has 9 atom stereocenters. The van der Waals surface area contributed by atoms with Crippen LogP contribution in [0, 0.1) is 75.7 Å². The van der Waals surface area contributed by atoms with Gasteiger partial charge in [-0.05, 0) is 245 Å². The number of allylic oxidation sites excluding steroid dienone is 2. The first kappa shape index (κ1) is 95.3. The molecule has 8 N–H and O–H groups in total. The third-order valence-corrected chi connectivity index (χ3v) is 24.4. The molecule has 7 aliphatic heterocycles. The first-order valence-corrected chi connectivity index (χ1v) is 41.5. The van der Waals surface area contributed by atoms with Crippen molar-refractivity contribution >= 4 is 58.2 Å². The molecule has 7 fully saturated rings. The van der Waals surface area contributed by atoms with Crippen LogP contribution in [0.5, 0.6) is 0 Å². The molecule has 5 aromatic carbocycles. The highest BCUT2D eigenvalue weighted by Crippen LogP contribution is 2.50. The second-order valence-electron chi connectivity index (χ2n) is 33.5. The van der Waals surface area contributed by atoms with E-state index in [0.29, 0.717) is 118 Å². The summed E-state index contributed by atoms with van der Waals surface area (Å²) in [5.74, 6) is -28.1. The number of hydrogen-bond acceptors (Lipinski definition) is 15. The quantitative estimate of drug-likeness (QED) is 0.0276. The maximum absolute atomic E-state index is 15.4. The van der Waals surface area contributed by atoms with Crippen molar-refractivity contribution in [3.8, 4) is 0 Å². The molecule has 10 heterocycles. The zero-order chi connectivity index (χ0) is 93.3. The Balaban J connectivity index is 0.000000155. The number of aromatic nitrogens is 3. The summed E-state index contributed by atoms with van der Waals surface area (Å²) in [5.41, 5.74) is -4.49. The Labute approximate surface area is 726 Å². The highest BCUT2D eigenvalue weighted by Gasteiger charge is 2.55. The lowest BCUT2D eigenvalue weighted by molar-refractivity contribution is -0.165. The number of aliphatic hydroxyl groups excluding tert-OH is 3. The molecule has 128 heavy (non-hydrogen) atoms. The number of benzene rings is 5. The minimum Gasteiger partial charge on any atom is -0.393 e. The molecule has 0 aliphatic carbocycles. The Morgan fingerprint density at radius 2 is 0.680 bits per heavy atom. The summed E-state index contributed by atoms with van der Waals surface area (Å²) in [4.78, 5) is 91.5. The van der Waals surface area contributed by atoms with Gasteiger partial charge in [0, 0.05) is 135 Å². The summed E-state index contributed by atoms with van der Waals surface area (Å²) in [6.07, 6.45) is 4.90. The second kappa shape index (κ2) is 38.3. The van der Waals surface area contributed by atoms with Crippen LogP contribution in [0.4, 0.5) is 88.6 Å². The Hall–Kier alpha value is -11.8. The highest BCUT2D eigenvalue weighted by atomic mass is 19.3. The fraction of sp³-hybridized carbons (Fsp3) is 0.402. The number of aryl methyl sites for hydroxylation is 5. The fourth-order valence-electron chi connectivity index (χ4n) is 17.8. The van der Waals surface area contributed by atoms with E-state index in [9.17, 15) is 88.7 Å². The van der Waals surface area contributed by atoms with E-state index < -0.39 is 170 Å². The number of likely N-dealkylation sites (tertiary alicyclic amines) is 1. The van der Waals surface area contributed by atoms with Crippen LogP contribution >= 0.6 is 0 Å². The minimum atomic E-state index is -4.22. The average molecular weight is 1800 g/mol. The number of alkyl halides is 8. The van der Waals surface area contributed by atoms with Crippen LogP contribution in [-0.2, 0) is 33.3 Å². The molecule has 6 bridgehead atoms. The number of aliphatic hydroxyl groups is 4. The van der Waals surface area contributed by atoms with Crippen molar-refractivity contribution in [2.45, 2.75) is 222 Å². The van der Waals surface area contributed by atoms with Gasteiger partial charge in [-0.1, -0.05) is 26.1 Å². The number of halogens is 15. The zero-order valence-corrected chi connectivity index (χ0v) is 70.3. The Morgan fingerprint density at radius 1 is 0.383 bits per heavy atom. The number of piperidine rings is 4. The summed E-state index contributed by atoms with van der Waals surface area (Å²) in [7, 11) is 0. The maximum Gasteiger partial charge on any atom is 0.352 e. The van der Waals surface area contributed by atoms with Gasteiger partial charge in [0.05, 0.1) is 52.0 Å². The summed E-state index contributed by atoms with van der Waals surface area (Å²) < 4.78 is 219. The molecule has 682 valence electrons. The van der Waals surface area contributed by atoms with Crippen LogP contribution in [0.2, 0.25) is 0 Å². The lowest BCUT2D eigenvalue weighted by Gasteiger charge is -2.42. The van der Waals surface area contributed by atoms with E-state index in [2.05, 4.69) is 49.4 Å². The molecular formula is C92H94F15N11O10. The normalized spacial score (nSPS) is 21.0. The number of nitrogens with zero attached hydrogens (tertiary/aromatic N) is 7. The van der Waals surface area contributed by atoms with E-state index in [1.807, 2.05) is 0 Å². The summed E-state index contributed by atoms with van der Waals surface area (Å²) >= 11 is 0. The summed E-state index contributed by atoms with van der Waals surface area (Å²) in [6.45, 7) is 16.3. The van der Waals surface area contributed by atoms with E-state index in [1.54, 1.807) is 13.8 Å². The number of anilines is 4. The smallest absolute Gasteiger partial charge is 0.352 e. The summed E-state index contributed by atoms with van der Waals surface area (Å²) in [6, 6.07) is 20.8. The number of pyridine rings is 3. The van der Waals surface area contributed by atoms with E-state index >= 15 is 26.3 Å². The molecule has 6 amide bonds. The topological polar surface area (TPSA) is 283 Å². The van der Waals surface area contributed by atoms with E-state index in [4.69, 9.17) is 0 Å². The molecule has 7 saturated heterocycles. The number of carbonyl (C=O) groups excluding carboxylic acids is 6. The van der Waals surface area contributed by atoms with E-state index in [0.717, 1.165) is 71.6 Å². The number of rotatable bonds is 19. The number of amides is 6. The third-order valence-electron chi connectivity index (χ3n) is 24.4. The van der Waals surface area contributed by atoms with Crippen molar-refractivity contribution in [2.75, 3.05) is 34.4 Å². The molecule has 7 aliphatic rings. The van der Waals surface area contributed by atoms with Gasteiger partial charge in [-0.25, -0.2) is 32.5 Å². The van der Waals surface area contributed by atoms with Crippen molar-refractivity contribution in [1.29, 1.82) is 0 Å². The Bertz CT molecular complexity index is 5330. The largest absolute Gasteiger partial charge is 0.393 e. The lowest BCUT2D eigenvalue weighted by Crippen LogP contribution is -2.53. The Kier molecular flexibility index (Phi) is 28.5. The monoisotopic (exact) mass is 1800 g/mol. The van der Waals surface area contributed by atoms with Gasteiger partial charge in [-0.2, -0.15) is 48.3 Å². The van der Waals surface area contributed by atoms with Crippen molar-refractivity contribution in [3.05, 3.63) is 266 Å². The van der Waals surface area contributed by atoms with Gasteiger partial charge in [0.2, 0.25) is 17.8 Å². The van der Waals surface area contributed by atoms with Gasteiger partial charge in [0.15, 0.2) is 0 Å². The molecule has 36 heteroatoms. The molecule has 0 saturated carbocycles. The van der Waals surface area contributed by atoms with Crippen molar-refractivity contribution < 1.29 is 115 Å². The van der Waals surface area contributed by atoms with E-state index in [1.165, 1.54) is 90.9 Å². The minimum absolute atomic E-state index is 0.0305. The standard InChI is InChI=1S/C24H25F3N2O3.2C23H23F4N3O2.C22H23F4N3O3/c1-13-3-4-15(22(31)28-16-5-8-21(25)14(2)9-16)10-20(13)24(26,27)23(32)29-17-6-7-18(29)12-19(30)11-17;2*1-12-7-15(9-21(25)28-12)29-22(32)14-3-6-20(24)19(8-14)23(26,27)13(2)30-16-4-5-17(30)11-18(31)10-16;1-3-21(32)6-8-29(9-7-21)20(31)22(25,26)16-11-14(4-5-17(16)23)19(30)28-15-10-13(2)27-18(24)12-15/h3-5,8-10,17-19,30H,6-7,11-12H2,1-2H3,(H,28,31);2*3,6-9,16-18,31H,2,4-5,10-11H2,1H3,(H,28,29,32);4-5,10-12,32H,3,6-9H2,1-2H3,(H,27,28,30)/t17-,18+,19?;2*16-,17+,18?;. The zero-order valence-electron chi connectivity index (χ0n) is 70.3. The SMILES string of the molecule is C=C(N1[C@@H]2CC[C@H]1CC(O)C2)C(F)(F)c1cc(C(=O)Nc2cc(C)nc(F)c2)ccc1F.C=C(N1[C@@H]2CC[C@H]1CC(O)C2)C(F)(F)c1cc(C(=O)Nc2cc(C)nc(F)c2)ccc1F.CCC1(O)CCN(C(=O)C(F)(F)c2cc(C(=O)Nc3cc(C)nc(F)c3)ccc2F)CC1.Cc1cc(NC(=O)c2ccc(C)c(C(F)(F)C(=O)N3[C@@H]4CC[C@H]3CC(O)C4)c2)ccc1F. The lowest BCUT2D eigenvalue weighted by atomic mass is 9.88. The molecular weight excluding hydrogens is 1700 g/mol. The Morgan fingerprint density at radius 3 is 1.01 bits per heavy atom. The number of hydrogen-bond donors (Lipinski definition) is 8. The van der Waals surface area contributed by atoms with Crippen LogP contribution in [0.1, 0.15) is 195 Å². The van der Waals surface area contributed by atoms with Crippen molar-refractivity contribution in [3.63, 3.8) is 0 Å². The fourth-order valence-corrected chi connectivity index (χ4v) is 17.8. The van der Waals surface area contributed by atoms with E-state index in [-0.39, 0.29) is 101 Å². The van der Waals surface area contributed by atoms with Gasteiger partial charge >= 0.3 is 23.7 Å². The summed E-state index contributed by atoms with van der Waals surface area (Å²) in [5, 5.41) is 49.7. The third kappa shape index (κ3) is 21.1. The molecule has 0 radical (unpaired) electrons. The first-order valence-electron chi connectivity index (χ1n) is 41.5. The van der Waals surface area contributed by atoms with Crippen LogP contribution < -0.4 is 21.3 Å². The second-order valence-corrected chi connectivity index (χ2v) is 33.5. The predicted octanol–water partition coefficient (Wildman–Crippen LogP) is 17.1. The van der Waals surface area contributed by atoms with Gasteiger partial charge in [-0.15, -0.1) is 0 Å². The van der Waals surface area contributed by atoms with Crippen LogP contribution in [0.25, 0.3) is 0 Å². The van der Waals surface area contributed by atoms with Crippen LogP contribution in [-0.4, -0.2) is 164 Å². The average Bonchev–Trinajstić information content (AvgIpc) is 1.57. The van der Waals surface area contributed by atoms with Crippen LogP contribution in [0.3, 0.4) is 0 Å². The predicted molar refractivity (Wildman–Crippen MR) is 442 cm³/mol. The molecule has 8 aromatic rings. The highest BCUT2D eigenvalue weighted by molar-refractivity contribution is 6.07. The van der Waals surface area contributed by atoms with Crippen molar-refractivity contribution in [1.82, 2.24) is 34.6 Å². The molecule has 21 nitrogen and oxygen atoms in total. The number of carbonyl (C=O) groups is 6. The number of nitrogens with one attached hydrogen (secondary N) is 4. The molecule has 3 aromatic heterocycles.